The number of ketones is 1. The standard InChI is InChI=1S/C21H22FN3O5/c1-14-11-17(4-6-19(14)25(28)29)30-13-21(27)24-9-7-23(8-10-24)20-5-3-16(15(2)26)12-18(20)22/h3-6,11-12H,7-10,13H2,1-2H3. The summed E-state index contributed by atoms with van der Waals surface area (Å²) in [5.74, 6) is -0.478. The Hall–Kier alpha value is -3.49. The summed E-state index contributed by atoms with van der Waals surface area (Å²) in [6.07, 6.45) is 0. The summed E-state index contributed by atoms with van der Waals surface area (Å²) in [7, 11) is 0. The zero-order valence-corrected chi connectivity index (χ0v) is 16.8. The van der Waals surface area contributed by atoms with Crippen LogP contribution in [0.2, 0.25) is 0 Å². The summed E-state index contributed by atoms with van der Waals surface area (Å²) < 4.78 is 19.8. The first-order valence-electron chi connectivity index (χ1n) is 9.47. The van der Waals surface area contributed by atoms with Crippen LogP contribution in [0.5, 0.6) is 5.75 Å². The van der Waals surface area contributed by atoms with Gasteiger partial charge in [-0.1, -0.05) is 0 Å². The summed E-state index contributed by atoms with van der Waals surface area (Å²) >= 11 is 0. The monoisotopic (exact) mass is 415 g/mol. The van der Waals surface area contributed by atoms with Crippen molar-refractivity contribution in [2.24, 2.45) is 0 Å². The molecule has 0 N–H and O–H groups in total. The maximum absolute atomic E-state index is 14.3. The largest absolute Gasteiger partial charge is 0.484 e. The molecule has 0 aliphatic carbocycles. The second-order valence-electron chi connectivity index (χ2n) is 7.08. The number of carbonyl (C=O) groups is 2. The number of benzene rings is 2. The van der Waals surface area contributed by atoms with E-state index in [-0.39, 0.29) is 24.0 Å². The lowest BCUT2D eigenvalue weighted by Crippen LogP contribution is -2.50. The number of halogens is 1. The number of aryl methyl sites for hydroxylation is 1. The van der Waals surface area contributed by atoms with E-state index in [4.69, 9.17) is 4.74 Å². The Kier molecular flexibility index (Phi) is 6.29. The minimum atomic E-state index is -0.472. The molecule has 1 amide bonds. The van der Waals surface area contributed by atoms with Gasteiger partial charge in [0.15, 0.2) is 12.4 Å². The van der Waals surface area contributed by atoms with Crippen molar-refractivity contribution in [2.75, 3.05) is 37.7 Å². The van der Waals surface area contributed by atoms with Gasteiger partial charge in [-0.3, -0.25) is 19.7 Å². The van der Waals surface area contributed by atoms with E-state index in [0.717, 1.165) is 0 Å². The van der Waals surface area contributed by atoms with Gasteiger partial charge in [-0.05, 0) is 44.2 Å². The van der Waals surface area contributed by atoms with Crippen molar-refractivity contribution in [1.29, 1.82) is 0 Å². The van der Waals surface area contributed by atoms with Crippen LogP contribution in [-0.4, -0.2) is 54.3 Å². The van der Waals surface area contributed by atoms with E-state index in [9.17, 15) is 24.1 Å². The molecule has 158 valence electrons. The maximum Gasteiger partial charge on any atom is 0.272 e. The van der Waals surface area contributed by atoms with Crippen LogP contribution in [0.1, 0.15) is 22.8 Å². The molecule has 0 aromatic heterocycles. The highest BCUT2D eigenvalue weighted by Gasteiger charge is 2.23. The van der Waals surface area contributed by atoms with Gasteiger partial charge in [-0.15, -0.1) is 0 Å². The smallest absolute Gasteiger partial charge is 0.272 e. The lowest BCUT2D eigenvalue weighted by atomic mass is 10.1. The molecule has 0 atom stereocenters. The van der Waals surface area contributed by atoms with E-state index >= 15 is 0 Å². The predicted octanol–water partition coefficient (Wildman–Crippen LogP) is 2.97. The third-order valence-corrected chi connectivity index (χ3v) is 5.05. The van der Waals surface area contributed by atoms with Gasteiger partial charge >= 0.3 is 0 Å². The average Bonchev–Trinajstić information content (AvgIpc) is 2.71. The molecule has 2 aromatic carbocycles. The van der Waals surface area contributed by atoms with Gasteiger partial charge in [-0.25, -0.2) is 4.39 Å². The van der Waals surface area contributed by atoms with Crippen molar-refractivity contribution in [1.82, 2.24) is 4.90 Å². The number of ether oxygens (including phenoxy) is 1. The van der Waals surface area contributed by atoms with Crippen LogP contribution in [0.4, 0.5) is 15.8 Å². The SMILES string of the molecule is CC(=O)c1ccc(N2CCN(C(=O)COc3ccc([N+](=O)[O-])c(C)c3)CC2)c(F)c1. The fourth-order valence-corrected chi connectivity index (χ4v) is 3.34. The highest BCUT2D eigenvalue weighted by atomic mass is 19.1. The van der Waals surface area contributed by atoms with Crippen molar-refractivity contribution >= 4 is 23.1 Å². The number of nitro benzene ring substituents is 1. The molecule has 8 nitrogen and oxygen atoms in total. The Balaban J connectivity index is 1.54. The fourth-order valence-electron chi connectivity index (χ4n) is 3.34. The van der Waals surface area contributed by atoms with Crippen LogP contribution in [0, 0.1) is 22.9 Å². The molecule has 2 aromatic rings. The number of amides is 1. The Bertz CT molecular complexity index is 987. The van der Waals surface area contributed by atoms with Gasteiger partial charge in [0.2, 0.25) is 0 Å². The molecule has 0 spiro atoms. The molecule has 3 rings (SSSR count). The van der Waals surface area contributed by atoms with E-state index in [0.29, 0.717) is 48.7 Å². The van der Waals surface area contributed by atoms with E-state index in [2.05, 4.69) is 0 Å². The number of nitro groups is 1. The highest BCUT2D eigenvalue weighted by molar-refractivity contribution is 5.94. The number of nitrogens with zero attached hydrogens (tertiary/aromatic N) is 3. The second-order valence-corrected chi connectivity index (χ2v) is 7.08. The minimum absolute atomic E-state index is 0.00614. The van der Waals surface area contributed by atoms with Crippen molar-refractivity contribution in [2.45, 2.75) is 13.8 Å². The van der Waals surface area contributed by atoms with E-state index in [1.807, 2.05) is 4.90 Å². The van der Waals surface area contributed by atoms with Crippen LogP contribution in [0.3, 0.4) is 0 Å². The van der Waals surface area contributed by atoms with Crippen LogP contribution >= 0.6 is 0 Å². The number of hydrogen-bond donors (Lipinski definition) is 0. The van der Waals surface area contributed by atoms with Gasteiger partial charge in [0.05, 0.1) is 10.6 Å². The van der Waals surface area contributed by atoms with Gasteiger partial charge in [0, 0.05) is 43.4 Å². The van der Waals surface area contributed by atoms with Crippen molar-refractivity contribution < 1.29 is 23.6 Å². The van der Waals surface area contributed by atoms with E-state index < -0.39 is 10.7 Å². The summed E-state index contributed by atoms with van der Waals surface area (Å²) in [6.45, 7) is 4.55. The lowest BCUT2D eigenvalue weighted by molar-refractivity contribution is -0.385. The molecule has 1 aliphatic rings. The fraction of sp³-hybridized carbons (Fsp3) is 0.333. The first-order chi connectivity index (χ1) is 14.3. The Labute approximate surface area is 173 Å². The maximum atomic E-state index is 14.3. The molecule has 0 saturated carbocycles. The molecule has 30 heavy (non-hydrogen) atoms. The number of carbonyl (C=O) groups excluding carboxylic acids is 2. The number of Topliss-reactive ketones (excluding diaryl/α,β-unsaturated/α-hetero) is 1. The number of hydrogen-bond acceptors (Lipinski definition) is 6. The van der Waals surface area contributed by atoms with Gasteiger partial charge < -0.3 is 14.5 Å². The molecule has 1 fully saturated rings. The topological polar surface area (TPSA) is 93.0 Å². The van der Waals surface area contributed by atoms with Crippen LogP contribution in [-0.2, 0) is 4.79 Å². The van der Waals surface area contributed by atoms with Gasteiger partial charge in [-0.2, -0.15) is 0 Å². The number of piperazine rings is 1. The quantitative estimate of drug-likeness (QED) is 0.409. The second kappa shape index (κ2) is 8.89. The normalized spacial score (nSPS) is 13.8. The summed E-state index contributed by atoms with van der Waals surface area (Å²) in [5, 5.41) is 10.9. The predicted molar refractivity (Wildman–Crippen MR) is 109 cm³/mol. The van der Waals surface area contributed by atoms with E-state index in [1.165, 1.54) is 31.2 Å². The molecule has 1 saturated heterocycles. The van der Waals surface area contributed by atoms with Crippen molar-refractivity contribution in [3.63, 3.8) is 0 Å². The van der Waals surface area contributed by atoms with Crippen molar-refractivity contribution in [3.05, 3.63) is 63.5 Å². The molecule has 0 radical (unpaired) electrons. The third-order valence-electron chi connectivity index (χ3n) is 5.05. The highest BCUT2D eigenvalue weighted by Crippen LogP contribution is 2.24. The summed E-state index contributed by atoms with van der Waals surface area (Å²) in [5.41, 5.74) is 1.18. The first kappa shape index (κ1) is 21.2. The van der Waals surface area contributed by atoms with Gasteiger partial charge in [0.25, 0.3) is 11.6 Å². The molecule has 0 bridgehead atoms. The zero-order valence-electron chi connectivity index (χ0n) is 16.8. The van der Waals surface area contributed by atoms with Crippen LogP contribution < -0.4 is 9.64 Å². The first-order valence-corrected chi connectivity index (χ1v) is 9.47. The Morgan fingerprint density at radius 1 is 1.13 bits per heavy atom. The molecule has 1 aliphatic heterocycles. The van der Waals surface area contributed by atoms with E-state index in [1.54, 1.807) is 24.0 Å². The van der Waals surface area contributed by atoms with Gasteiger partial charge in [0.1, 0.15) is 11.6 Å². The summed E-state index contributed by atoms with van der Waals surface area (Å²) in [4.78, 5) is 37.7. The third kappa shape index (κ3) is 4.73. The molecule has 0 unspecified atom stereocenters. The Morgan fingerprint density at radius 2 is 1.83 bits per heavy atom. The molecule has 9 heteroatoms. The van der Waals surface area contributed by atoms with Crippen LogP contribution in [0.15, 0.2) is 36.4 Å². The average molecular weight is 415 g/mol. The van der Waals surface area contributed by atoms with Crippen LogP contribution in [0.25, 0.3) is 0 Å². The lowest BCUT2D eigenvalue weighted by Gasteiger charge is -2.36. The Morgan fingerprint density at radius 3 is 2.40 bits per heavy atom. The molecular weight excluding hydrogens is 393 g/mol. The molecule has 1 heterocycles. The number of rotatable bonds is 6. The summed E-state index contributed by atoms with van der Waals surface area (Å²) in [6, 6.07) is 8.75. The number of anilines is 1. The zero-order chi connectivity index (χ0) is 21.8. The minimum Gasteiger partial charge on any atom is -0.484 e. The molecular formula is C21H22FN3O5. The van der Waals surface area contributed by atoms with Crippen molar-refractivity contribution in [3.8, 4) is 5.75 Å².